The Morgan fingerprint density at radius 3 is 2.62 bits per heavy atom. The lowest BCUT2D eigenvalue weighted by Crippen LogP contribution is -2.47. The van der Waals surface area contributed by atoms with Crippen LogP contribution in [0.5, 0.6) is 0 Å². The Morgan fingerprint density at radius 2 is 1.82 bits per heavy atom. The van der Waals surface area contributed by atoms with Crippen molar-refractivity contribution in [1.29, 1.82) is 0 Å². The molecular formula is C31H37N5O3. The van der Waals surface area contributed by atoms with E-state index in [1.807, 2.05) is 35.2 Å². The number of carbonyl (C=O) groups excluding carboxylic acids is 2. The van der Waals surface area contributed by atoms with Gasteiger partial charge in [-0.05, 0) is 62.6 Å². The molecule has 0 unspecified atom stereocenters. The van der Waals surface area contributed by atoms with Gasteiger partial charge < -0.3 is 25.6 Å². The first-order chi connectivity index (χ1) is 18.9. The van der Waals surface area contributed by atoms with Crippen molar-refractivity contribution in [2.75, 3.05) is 39.0 Å². The highest BCUT2D eigenvalue weighted by Gasteiger charge is 2.30. The molecule has 1 aliphatic carbocycles. The number of pyridine rings is 1. The molecule has 1 saturated heterocycles. The fraction of sp³-hybridized carbons (Fsp3) is 0.387. The third-order valence-corrected chi connectivity index (χ3v) is 7.71. The summed E-state index contributed by atoms with van der Waals surface area (Å²) < 4.78 is 6.21. The van der Waals surface area contributed by atoms with E-state index in [0.717, 1.165) is 49.0 Å². The van der Waals surface area contributed by atoms with Crippen LogP contribution in [0.3, 0.4) is 0 Å². The van der Waals surface area contributed by atoms with Crippen LogP contribution in [-0.4, -0.2) is 72.0 Å². The highest BCUT2D eigenvalue weighted by atomic mass is 16.5. The van der Waals surface area contributed by atoms with Gasteiger partial charge in [0.15, 0.2) is 0 Å². The summed E-state index contributed by atoms with van der Waals surface area (Å²) in [5.41, 5.74) is 11.0. The Hall–Kier alpha value is -3.75. The lowest BCUT2D eigenvalue weighted by molar-refractivity contribution is 0.0272. The van der Waals surface area contributed by atoms with E-state index in [0.29, 0.717) is 30.8 Å². The number of hydrogen-bond acceptors (Lipinski definition) is 6. The van der Waals surface area contributed by atoms with Crippen LogP contribution in [0.15, 0.2) is 60.8 Å². The number of nitrogen functional groups attached to an aromatic ring is 1. The van der Waals surface area contributed by atoms with Gasteiger partial charge in [-0.15, -0.1) is 0 Å². The molecule has 2 heterocycles. The van der Waals surface area contributed by atoms with Crippen molar-refractivity contribution in [3.05, 3.63) is 83.0 Å². The third-order valence-electron chi connectivity index (χ3n) is 7.71. The number of amides is 2. The molecule has 8 heteroatoms. The van der Waals surface area contributed by atoms with Crippen molar-refractivity contribution in [3.8, 4) is 11.1 Å². The average Bonchev–Trinajstić information content (AvgIpc) is 3.39. The quantitative estimate of drug-likeness (QED) is 0.484. The van der Waals surface area contributed by atoms with Gasteiger partial charge in [0.1, 0.15) is 5.82 Å². The number of aromatic nitrogens is 1. The molecule has 0 spiro atoms. The second-order valence-electron chi connectivity index (χ2n) is 10.7. The topological polar surface area (TPSA) is 101 Å². The molecule has 5 rings (SSSR count). The van der Waals surface area contributed by atoms with Crippen molar-refractivity contribution in [2.45, 2.75) is 44.9 Å². The van der Waals surface area contributed by atoms with Gasteiger partial charge in [0.05, 0.1) is 24.3 Å². The Kier molecular flexibility index (Phi) is 8.24. The number of nitrogens with zero attached hydrogens (tertiary/aromatic N) is 3. The molecule has 1 saturated carbocycles. The predicted octanol–water partition coefficient (Wildman–Crippen LogP) is 3.89. The first-order valence-corrected chi connectivity index (χ1v) is 13.7. The maximum absolute atomic E-state index is 13.3. The maximum Gasteiger partial charge on any atom is 0.255 e. The summed E-state index contributed by atoms with van der Waals surface area (Å²) in [6, 6.07) is 17.4. The largest absolute Gasteiger partial charge is 0.383 e. The van der Waals surface area contributed by atoms with Gasteiger partial charge in [-0.2, -0.15) is 0 Å². The Labute approximate surface area is 230 Å². The molecule has 8 nitrogen and oxygen atoms in total. The molecule has 2 amide bonds. The normalized spacial score (nSPS) is 19.7. The van der Waals surface area contributed by atoms with Gasteiger partial charge >= 0.3 is 0 Å². The minimum Gasteiger partial charge on any atom is -0.383 e. The van der Waals surface area contributed by atoms with Crippen LogP contribution >= 0.6 is 0 Å². The second kappa shape index (κ2) is 12.0. The predicted molar refractivity (Wildman–Crippen MR) is 152 cm³/mol. The molecular weight excluding hydrogens is 490 g/mol. The highest BCUT2D eigenvalue weighted by molar-refractivity contribution is 6.00. The number of ether oxygens (including phenoxy) is 1. The minimum absolute atomic E-state index is 0.0178. The van der Waals surface area contributed by atoms with E-state index in [4.69, 9.17) is 10.5 Å². The van der Waals surface area contributed by atoms with Crippen molar-refractivity contribution >= 4 is 17.6 Å². The van der Waals surface area contributed by atoms with Crippen LogP contribution in [0, 0.1) is 6.92 Å². The number of nitrogens with one attached hydrogen (secondary N) is 1. The standard InChI is InChI=1S/C31H37N5O3/c1-21-6-3-7-22(16-21)20-39-28-11-5-10-27(28)34-30(37)26-18-25(19-33-29(26)32)23-8-4-9-24(17-23)31(38)36-14-12-35(2)13-15-36/h3-4,6-9,16-19,27-28H,5,10-15,20H2,1-2H3,(H2,32,33)(H,34,37)/t27-,28-/m0/s1. The SMILES string of the molecule is Cc1cccc(CO[C@H]2CCC[C@@H]2NC(=O)c2cc(-c3cccc(C(=O)N4CCN(C)CC4)c3)cnc2N)c1. The van der Waals surface area contributed by atoms with E-state index in [-0.39, 0.29) is 29.8 Å². The van der Waals surface area contributed by atoms with Gasteiger partial charge in [-0.25, -0.2) is 4.98 Å². The van der Waals surface area contributed by atoms with Gasteiger partial charge in [-0.3, -0.25) is 9.59 Å². The number of nitrogens with two attached hydrogens (primary N) is 1. The van der Waals surface area contributed by atoms with Crippen LogP contribution in [0.2, 0.25) is 0 Å². The van der Waals surface area contributed by atoms with E-state index in [1.165, 1.54) is 5.56 Å². The smallest absolute Gasteiger partial charge is 0.255 e. The van der Waals surface area contributed by atoms with E-state index < -0.39 is 0 Å². The summed E-state index contributed by atoms with van der Waals surface area (Å²) in [4.78, 5) is 34.8. The lowest BCUT2D eigenvalue weighted by atomic mass is 10.0. The first-order valence-electron chi connectivity index (χ1n) is 13.7. The molecule has 39 heavy (non-hydrogen) atoms. The van der Waals surface area contributed by atoms with Crippen LogP contribution in [0.1, 0.15) is 51.1 Å². The molecule has 3 aromatic rings. The summed E-state index contributed by atoms with van der Waals surface area (Å²) in [7, 11) is 2.07. The number of likely N-dealkylation sites (N-methyl/N-ethyl adjacent to an activating group) is 1. The number of rotatable bonds is 7. The highest BCUT2D eigenvalue weighted by Crippen LogP contribution is 2.27. The Bertz CT molecular complexity index is 1340. The lowest BCUT2D eigenvalue weighted by Gasteiger charge is -2.32. The summed E-state index contributed by atoms with van der Waals surface area (Å²) >= 11 is 0. The molecule has 204 valence electrons. The molecule has 2 aromatic carbocycles. The maximum atomic E-state index is 13.3. The minimum atomic E-state index is -0.262. The molecule has 2 fully saturated rings. The third kappa shape index (κ3) is 6.46. The molecule has 0 radical (unpaired) electrons. The number of benzene rings is 2. The zero-order chi connectivity index (χ0) is 27.4. The van der Waals surface area contributed by atoms with E-state index in [9.17, 15) is 9.59 Å². The number of piperazine rings is 1. The van der Waals surface area contributed by atoms with Crippen LogP contribution < -0.4 is 11.1 Å². The molecule has 1 aliphatic heterocycles. The average molecular weight is 528 g/mol. The Morgan fingerprint density at radius 1 is 1.03 bits per heavy atom. The van der Waals surface area contributed by atoms with E-state index in [2.05, 4.69) is 47.4 Å². The van der Waals surface area contributed by atoms with E-state index in [1.54, 1.807) is 12.3 Å². The fourth-order valence-corrected chi connectivity index (χ4v) is 5.38. The molecule has 1 aromatic heterocycles. The summed E-state index contributed by atoms with van der Waals surface area (Å²) in [5, 5.41) is 3.14. The zero-order valence-electron chi connectivity index (χ0n) is 22.7. The zero-order valence-corrected chi connectivity index (χ0v) is 22.7. The molecule has 3 N–H and O–H groups in total. The van der Waals surface area contributed by atoms with Crippen LogP contribution in [0.4, 0.5) is 5.82 Å². The Balaban J connectivity index is 1.27. The molecule has 2 atom stereocenters. The van der Waals surface area contributed by atoms with Crippen LogP contribution in [-0.2, 0) is 11.3 Å². The van der Waals surface area contributed by atoms with Crippen molar-refractivity contribution < 1.29 is 14.3 Å². The van der Waals surface area contributed by atoms with Gasteiger partial charge in [-0.1, -0.05) is 42.0 Å². The van der Waals surface area contributed by atoms with Crippen molar-refractivity contribution in [3.63, 3.8) is 0 Å². The fourth-order valence-electron chi connectivity index (χ4n) is 5.38. The van der Waals surface area contributed by atoms with Gasteiger partial charge in [0.2, 0.25) is 0 Å². The monoisotopic (exact) mass is 527 g/mol. The van der Waals surface area contributed by atoms with Crippen LogP contribution in [0.25, 0.3) is 11.1 Å². The summed E-state index contributed by atoms with van der Waals surface area (Å²) in [6.45, 7) is 5.74. The molecule has 2 aliphatic rings. The van der Waals surface area contributed by atoms with Crippen molar-refractivity contribution in [1.82, 2.24) is 20.1 Å². The molecule has 0 bridgehead atoms. The number of hydrogen-bond donors (Lipinski definition) is 2. The first kappa shape index (κ1) is 26.8. The number of anilines is 1. The van der Waals surface area contributed by atoms with E-state index >= 15 is 0 Å². The van der Waals surface area contributed by atoms with Gasteiger partial charge in [0, 0.05) is 43.5 Å². The second-order valence-corrected chi connectivity index (χ2v) is 10.7. The summed E-state index contributed by atoms with van der Waals surface area (Å²) in [6.07, 6.45) is 4.34. The van der Waals surface area contributed by atoms with Crippen molar-refractivity contribution in [2.24, 2.45) is 0 Å². The summed E-state index contributed by atoms with van der Waals surface area (Å²) in [5.74, 6) is -0.0667. The number of aryl methyl sites for hydroxylation is 1. The van der Waals surface area contributed by atoms with Gasteiger partial charge in [0.25, 0.3) is 11.8 Å². The number of carbonyl (C=O) groups is 2.